The van der Waals surface area contributed by atoms with E-state index >= 15 is 0 Å². The molecule has 22 heavy (non-hydrogen) atoms. The van der Waals surface area contributed by atoms with Gasteiger partial charge in [-0.15, -0.1) is 0 Å². The molecule has 9 heteroatoms. The number of nitrogens with one attached hydrogen (secondary N) is 1. The fraction of sp³-hybridized carbons (Fsp3) is 0.385. The number of aromatic amines is 1. The Balaban J connectivity index is 1.88. The Hall–Kier alpha value is -1.15. The number of halogens is 2. The van der Waals surface area contributed by atoms with Gasteiger partial charge >= 0.3 is 0 Å². The first kappa shape index (κ1) is 15.7. The number of piperidine rings is 1. The van der Waals surface area contributed by atoms with Crippen LogP contribution in [0.5, 0.6) is 0 Å². The molecule has 0 unspecified atom stereocenters. The van der Waals surface area contributed by atoms with E-state index in [0.717, 1.165) is 12.8 Å². The van der Waals surface area contributed by atoms with Crippen LogP contribution in [-0.4, -0.2) is 41.0 Å². The van der Waals surface area contributed by atoms with Gasteiger partial charge < -0.3 is 0 Å². The van der Waals surface area contributed by atoms with E-state index in [9.17, 15) is 8.42 Å². The van der Waals surface area contributed by atoms with Crippen LogP contribution in [0.1, 0.15) is 24.6 Å². The first-order valence-corrected chi connectivity index (χ1v) is 8.98. The molecule has 0 bridgehead atoms. The van der Waals surface area contributed by atoms with E-state index < -0.39 is 10.0 Å². The first-order chi connectivity index (χ1) is 10.5. The van der Waals surface area contributed by atoms with Crippen LogP contribution in [0.4, 0.5) is 0 Å². The number of nitrogens with zero attached hydrogens (tertiary/aromatic N) is 3. The second-order valence-electron chi connectivity index (χ2n) is 5.18. The highest BCUT2D eigenvalue weighted by atomic mass is 35.5. The highest BCUT2D eigenvalue weighted by Gasteiger charge is 2.32. The molecule has 2 aromatic rings. The van der Waals surface area contributed by atoms with Crippen molar-refractivity contribution in [2.24, 2.45) is 0 Å². The highest BCUT2D eigenvalue weighted by molar-refractivity contribution is 7.89. The van der Waals surface area contributed by atoms with Gasteiger partial charge in [-0.1, -0.05) is 23.2 Å². The van der Waals surface area contributed by atoms with Crippen LogP contribution in [0.3, 0.4) is 0 Å². The zero-order valence-electron chi connectivity index (χ0n) is 11.5. The molecule has 1 aliphatic rings. The maximum Gasteiger partial charge on any atom is 0.243 e. The van der Waals surface area contributed by atoms with Crippen molar-refractivity contribution in [2.75, 3.05) is 13.1 Å². The second kappa shape index (κ2) is 6.16. The lowest BCUT2D eigenvalue weighted by Gasteiger charge is -2.30. The predicted molar refractivity (Wildman–Crippen MR) is 83.6 cm³/mol. The Labute approximate surface area is 138 Å². The molecule has 1 saturated heterocycles. The molecular formula is C13H14Cl2N4O2S. The molecule has 1 aliphatic heterocycles. The summed E-state index contributed by atoms with van der Waals surface area (Å²) in [6.07, 6.45) is 3.07. The zero-order valence-corrected chi connectivity index (χ0v) is 13.9. The van der Waals surface area contributed by atoms with Crippen molar-refractivity contribution >= 4 is 33.2 Å². The largest absolute Gasteiger partial charge is 0.263 e. The molecule has 0 spiro atoms. The summed E-state index contributed by atoms with van der Waals surface area (Å²) in [6.45, 7) is 0.832. The Kier molecular flexibility index (Phi) is 4.40. The lowest BCUT2D eigenvalue weighted by molar-refractivity contribution is 0.309. The molecule has 1 atom stereocenters. The summed E-state index contributed by atoms with van der Waals surface area (Å²) in [5.74, 6) is 0.727. The van der Waals surface area contributed by atoms with Crippen LogP contribution in [0, 0.1) is 0 Å². The van der Waals surface area contributed by atoms with Gasteiger partial charge in [0.15, 0.2) is 0 Å². The number of aromatic nitrogens is 3. The van der Waals surface area contributed by atoms with Crippen LogP contribution in [0.2, 0.25) is 10.0 Å². The number of rotatable bonds is 3. The smallest absolute Gasteiger partial charge is 0.243 e. The zero-order chi connectivity index (χ0) is 15.7. The number of sulfonamides is 1. The van der Waals surface area contributed by atoms with Gasteiger partial charge in [-0.25, -0.2) is 13.4 Å². The monoisotopic (exact) mass is 360 g/mol. The van der Waals surface area contributed by atoms with E-state index in [2.05, 4.69) is 15.2 Å². The van der Waals surface area contributed by atoms with Crippen LogP contribution in [-0.2, 0) is 10.0 Å². The molecule has 1 N–H and O–H groups in total. The minimum Gasteiger partial charge on any atom is -0.263 e. The first-order valence-electron chi connectivity index (χ1n) is 6.78. The van der Waals surface area contributed by atoms with Gasteiger partial charge in [0, 0.05) is 29.1 Å². The second-order valence-corrected chi connectivity index (χ2v) is 7.99. The third kappa shape index (κ3) is 3.12. The average molecular weight is 361 g/mol. The molecule has 0 saturated carbocycles. The number of hydrogen-bond donors (Lipinski definition) is 1. The van der Waals surface area contributed by atoms with Gasteiger partial charge in [-0.05, 0) is 31.0 Å². The van der Waals surface area contributed by atoms with Crippen LogP contribution < -0.4 is 0 Å². The van der Waals surface area contributed by atoms with Crippen LogP contribution >= 0.6 is 23.2 Å². The number of hydrogen-bond acceptors (Lipinski definition) is 4. The van der Waals surface area contributed by atoms with Crippen LogP contribution in [0.15, 0.2) is 29.4 Å². The van der Waals surface area contributed by atoms with Gasteiger partial charge in [0.2, 0.25) is 10.0 Å². The minimum absolute atomic E-state index is 0.0145. The summed E-state index contributed by atoms with van der Waals surface area (Å²) < 4.78 is 27.0. The summed E-state index contributed by atoms with van der Waals surface area (Å²) in [7, 11) is -3.63. The van der Waals surface area contributed by atoms with Crippen molar-refractivity contribution in [3.05, 3.63) is 40.4 Å². The van der Waals surface area contributed by atoms with E-state index in [1.54, 1.807) is 0 Å². The predicted octanol–water partition coefficient (Wildman–Crippen LogP) is 2.68. The van der Waals surface area contributed by atoms with Gasteiger partial charge in [0.1, 0.15) is 12.2 Å². The topological polar surface area (TPSA) is 79.0 Å². The molecule has 6 nitrogen and oxygen atoms in total. The maximum absolute atomic E-state index is 12.8. The van der Waals surface area contributed by atoms with E-state index in [1.165, 1.54) is 28.8 Å². The minimum atomic E-state index is -3.63. The van der Waals surface area contributed by atoms with Crippen LogP contribution in [0.25, 0.3) is 0 Å². The van der Waals surface area contributed by atoms with Gasteiger partial charge in [-0.2, -0.15) is 9.40 Å². The molecule has 1 aromatic heterocycles. The molecular weight excluding hydrogens is 347 g/mol. The third-order valence-corrected chi connectivity index (χ3v) is 5.96. The molecule has 1 aromatic carbocycles. The van der Waals surface area contributed by atoms with Crippen molar-refractivity contribution < 1.29 is 8.42 Å². The Morgan fingerprint density at radius 3 is 2.59 bits per heavy atom. The maximum atomic E-state index is 12.8. The van der Waals surface area contributed by atoms with Crippen molar-refractivity contribution in [1.29, 1.82) is 0 Å². The van der Waals surface area contributed by atoms with E-state index in [4.69, 9.17) is 23.2 Å². The van der Waals surface area contributed by atoms with E-state index in [1.807, 2.05) is 0 Å². The molecule has 3 rings (SSSR count). The Morgan fingerprint density at radius 2 is 1.95 bits per heavy atom. The lowest BCUT2D eigenvalue weighted by Crippen LogP contribution is -2.39. The van der Waals surface area contributed by atoms with Crippen molar-refractivity contribution in [1.82, 2.24) is 19.5 Å². The van der Waals surface area contributed by atoms with E-state index in [0.29, 0.717) is 29.0 Å². The normalized spacial score (nSPS) is 20.2. The van der Waals surface area contributed by atoms with Gasteiger partial charge in [-0.3, -0.25) is 5.10 Å². The Bertz CT molecular complexity index is 744. The summed E-state index contributed by atoms with van der Waals surface area (Å²) in [5.41, 5.74) is 0. The van der Waals surface area contributed by atoms with Gasteiger partial charge in [0.05, 0.1) is 4.90 Å². The fourth-order valence-corrected chi connectivity index (χ4v) is 4.87. The molecule has 0 radical (unpaired) electrons. The SMILES string of the molecule is O=S(=O)(c1cc(Cl)cc(Cl)c1)N1CCC[C@H](c2ncn[nH]2)C1. The summed E-state index contributed by atoms with van der Waals surface area (Å²) in [4.78, 5) is 4.24. The molecule has 0 aliphatic carbocycles. The van der Waals surface area contributed by atoms with Gasteiger partial charge in [0.25, 0.3) is 0 Å². The number of H-pyrrole nitrogens is 1. The van der Waals surface area contributed by atoms with Crippen molar-refractivity contribution in [3.8, 4) is 0 Å². The van der Waals surface area contributed by atoms with Crippen molar-refractivity contribution in [3.63, 3.8) is 0 Å². The summed E-state index contributed by atoms with van der Waals surface area (Å²) in [5, 5.41) is 7.24. The summed E-state index contributed by atoms with van der Waals surface area (Å²) >= 11 is 11.8. The lowest BCUT2D eigenvalue weighted by atomic mass is 9.99. The molecule has 1 fully saturated rings. The Morgan fingerprint density at radius 1 is 1.23 bits per heavy atom. The van der Waals surface area contributed by atoms with E-state index in [-0.39, 0.29) is 10.8 Å². The summed E-state index contributed by atoms with van der Waals surface area (Å²) in [6, 6.07) is 4.34. The molecule has 2 heterocycles. The standard InChI is InChI=1S/C13H14Cl2N4O2S/c14-10-4-11(15)6-12(5-10)22(20,21)19-3-1-2-9(7-19)13-16-8-17-18-13/h4-6,8-9H,1-3,7H2,(H,16,17,18)/t9-/m0/s1. The average Bonchev–Trinajstić information content (AvgIpc) is 3.00. The van der Waals surface area contributed by atoms with Crippen molar-refractivity contribution in [2.45, 2.75) is 23.7 Å². The fourth-order valence-electron chi connectivity index (χ4n) is 2.62. The third-order valence-electron chi connectivity index (χ3n) is 3.68. The number of benzene rings is 1. The highest BCUT2D eigenvalue weighted by Crippen LogP contribution is 2.30. The molecule has 118 valence electrons. The quantitative estimate of drug-likeness (QED) is 0.912. The molecule has 0 amide bonds.